The summed E-state index contributed by atoms with van der Waals surface area (Å²) in [6.45, 7) is 3.79. The SMILES string of the molecule is O=C(O)c1csc(N2CCCNCC2)n1. The van der Waals surface area contributed by atoms with Crippen LogP contribution in [0, 0.1) is 0 Å². The Labute approximate surface area is 91.7 Å². The lowest BCUT2D eigenvalue weighted by Gasteiger charge is -2.17. The second-order valence-corrected chi connectivity index (χ2v) is 4.25. The summed E-state index contributed by atoms with van der Waals surface area (Å²) in [5, 5.41) is 14.5. The molecule has 0 amide bonds. The van der Waals surface area contributed by atoms with E-state index >= 15 is 0 Å². The number of hydrogen-bond acceptors (Lipinski definition) is 5. The molecule has 0 bridgehead atoms. The van der Waals surface area contributed by atoms with Gasteiger partial charge in [0.25, 0.3) is 0 Å². The Bertz CT molecular complexity index is 345. The van der Waals surface area contributed by atoms with Gasteiger partial charge in [0, 0.05) is 25.0 Å². The van der Waals surface area contributed by atoms with Crippen molar-refractivity contribution in [3.8, 4) is 0 Å². The van der Waals surface area contributed by atoms with Gasteiger partial charge in [0.15, 0.2) is 10.8 Å². The first-order valence-electron chi connectivity index (χ1n) is 4.92. The first-order chi connectivity index (χ1) is 7.27. The van der Waals surface area contributed by atoms with Crippen LogP contribution in [0.5, 0.6) is 0 Å². The lowest BCUT2D eigenvalue weighted by atomic mass is 10.4. The van der Waals surface area contributed by atoms with Crippen molar-refractivity contribution < 1.29 is 9.90 Å². The fraction of sp³-hybridized carbons (Fsp3) is 0.556. The zero-order chi connectivity index (χ0) is 10.7. The normalized spacial score (nSPS) is 17.5. The Morgan fingerprint density at radius 3 is 3.13 bits per heavy atom. The first-order valence-corrected chi connectivity index (χ1v) is 5.80. The maximum atomic E-state index is 10.7. The maximum absolute atomic E-state index is 10.7. The molecule has 5 nitrogen and oxygen atoms in total. The summed E-state index contributed by atoms with van der Waals surface area (Å²) in [6, 6.07) is 0. The van der Waals surface area contributed by atoms with Gasteiger partial charge in [0.1, 0.15) is 0 Å². The molecule has 1 aliphatic heterocycles. The minimum atomic E-state index is -0.953. The molecule has 6 heteroatoms. The topological polar surface area (TPSA) is 65.5 Å². The highest BCUT2D eigenvalue weighted by molar-refractivity contribution is 7.13. The van der Waals surface area contributed by atoms with Gasteiger partial charge < -0.3 is 15.3 Å². The second kappa shape index (κ2) is 4.59. The molecule has 15 heavy (non-hydrogen) atoms. The van der Waals surface area contributed by atoms with Gasteiger partial charge in [0.05, 0.1) is 0 Å². The van der Waals surface area contributed by atoms with Crippen LogP contribution < -0.4 is 10.2 Å². The summed E-state index contributed by atoms with van der Waals surface area (Å²) in [4.78, 5) is 16.9. The number of anilines is 1. The monoisotopic (exact) mass is 227 g/mol. The summed E-state index contributed by atoms with van der Waals surface area (Å²) in [5.74, 6) is -0.953. The van der Waals surface area contributed by atoms with Crippen LogP contribution in [0.3, 0.4) is 0 Å². The molecule has 0 aliphatic carbocycles. The van der Waals surface area contributed by atoms with Crippen LogP contribution in [0.15, 0.2) is 5.38 Å². The average molecular weight is 227 g/mol. The van der Waals surface area contributed by atoms with Crippen LogP contribution in [0.2, 0.25) is 0 Å². The van der Waals surface area contributed by atoms with E-state index in [0.29, 0.717) is 0 Å². The Kier molecular flexibility index (Phi) is 3.17. The Morgan fingerprint density at radius 1 is 1.53 bits per heavy atom. The summed E-state index contributed by atoms with van der Waals surface area (Å²) in [7, 11) is 0. The Hall–Kier alpha value is -1.14. The molecule has 0 spiro atoms. The van der Waals surface area contributed by atoms with Crippen molar-refractivity contribution in [3.63, 3.8) is 0 Å². The van der Waals surface area contributed by atoms with Gasteiger partial charge in [0.2, 0.25) is 0 Å². The molecule has 2 N–H and O–H groups in total. The fourth-order valence-electron chi connectivity index (χ4n) is 1.54. The van der Waals surface area contributed by atoms with Gasteiger partial charge in [-0.1, -0.05) is 0 Å². The molecule has 1 aliphatic rings. The number of carboxylic acid groups (broad SMARTS) is 1. The van der Waals surface area contributed by atoms with E-state index in [1.807, 2.05) is 0 Å². The third-order valence-electron chi connectivity index (χ3n) is 2.32. The summed E-state index contributed by atoms with van der Waals surface area (Å²) in [6.07, 6.45) is 1.07. The van der Waals surface area contributed by atoms with Crippen LogP contribution in [0.4, 0.5) is 5.13 Å². The van der Waals surface area contributed by atoms with E-state index in [9.17, 15) is 4.79 Å². The molecule has 1 aromatic rings. The van der Waals surface area contributed by atoms with Gasteiger partial charge in [-0.15, -0.1) is 11.3 Å². The number of thiazole rings is 1. The van der Waals surface area contributed by atoms with Crippen molar-refractivity contribution in [1.29, 1.82) is 0 Å². The van der Waals surface area contributed by atoms with E-state index in [1.54, 1.807) is 5.38 Å². The molecule has 0 atom stereocenters. The highest BCUT2D eigenvalue weighted by Gasteiger charge is 2.15. The molecule has 1 aromatic heterocycles. The predicted molar refractivity (Wildman–Crippen MR) is 58.8 cm³/mol. The van der Waals surface area contributed by atoms with Gasteiger partial charge in [-0.05, 0) is 13.0 Å². The highest BCUT2D eigenvalue weighted by Crippen LogP contribution is 2.20. The number of carbonyl (C=O) groups is 1. The van der Waals surface area contributed by atoms with Crippen molar-refractivity contribution in [2.24, 2.45) is 0 Å². The number of nitrogens with one attached hydrogen (secondary N) is 1. The molecule has 0 saturated carbocycles. The average Bonchev–Trinajstić information content (AvgIpc) is 2.55. The van der Waals surface area contributed by atoms with Crippen LogP contribution in [-0.4, -0.2) is 42.2 Å². The second-order valence-electron chi connectivity index (χ2n) is 3.41. The highest BCUT2D eigenvalue weighted by atomic mass is 32.1. The lowest BCUT2D eigenvalue weighted by molar-refractivity contribution is 0.0691. The summed E-state index contributed by atoms with van der Waals surface area (Å²) in [5.41, 5.74) is 0.146. The van der Waals surface area contributed by atoms with Gasteiger partial charge >= 0.3 is 5.97 Å². The van der Waals surface area contributed by atoms with Crippen molar-refractivity contribution >= 4 is 22.4 Å². The number of nitrogens with zero attached hydrogens (tertiary/aromatic N) is 2. The van der Waals surface area contributed by atoms with Gasteiger partial charge in [-0.2, -0.15) is 0 Å². The number of aromatic nitrogens is 1. The molecule has 2 heterocycles. The van der Waals surface area contributed by atoms with Crippen molar-refractivity contribution in [3.05, 3.63) is 11.1 Å². The quantitative estimate of drug-likeness (QED) is 0.776. The Balaban J connectivity index is 2.10. The van der Waals surface area contributed by atoms with E-state index < -0.39 is 5.97 Å². The lowest BCUT2D eigenvalue weighted by Crippen LogP contribution is -2.27. The third kappa shape index (κ3) is 2.45. The molecule has 1 fully saturated rings. The third-order valence-corrected chi connectivity index (χ3v) is 3.22. The van der Waals surface area contributed by atoms with Crippen molar-refractivity contribution in [2.45, 2.75) is 6.42 Å². The van der Waals surface area contributed by atoms with Crippen molar-refractivity contribution in [2.75, 3.05) is 31.1 Å². The minimum absolute atomic E-state index is 0.146. The van der Waals surface area contributed by atoms with Crippen LogP contribution in [0.25, 0.3) is 0 Å². The van der Waals surface area contributed by atoms with Gasteiger partial charge in [-0.25, -0.2) is 9.78 Å². The first kappa shape index (κ1) is 10.4. The van der Waals surface area contributed by atoms with Crippen LogP contribution >= 0.6 is 11.3 Å². The van der Waals surface area contributed by atoms with Crippen LogP contribution in [0.1, 0.15) is 16.9 Å². The van der Waals surface area contributed by atoms with E-state index in [1.165, 1.54) is 11.3 Å². The molecule has 2 rings (SSSR count). The molecule has 82 valence electrons. The molecule has 1 saturated heterocycles. The maximum Gasteiger partial charge on any atom is 0.355 e. The van der Waals surface area contributed by atoms with E-state index in [0.717, 1.165) is 37.7 Å². The standard InChI is InChI=1S/C9H13N3O2S/c13-8(14)7-6-15-9(11-7)12-4-1-2-10-3-5-12/h6,10H,1-5H2,(H,13,14). The van der Waals surface area contributed by atoms with E-state index in [2.05, 4.69) is 15.2 Å². The minimum Gasteiger partial charge on any atom is -0.476 e. The largest absolute Gasteiger partial charge is 0.476 e. The summed E-state index contributed by atoms with van der Waals surface area (Å²) < 4.78 is 0. The van der Waals surface area contributed by atoms with E-state index in [-0.39, 0.29) is 5.69 Å². The van der Waals surface area contributed by atoms with E-state index in [4.69, 9.17) is 5.11 Å². The molecular weight excluding hydrogens is 214 g/mol. The zero-order valence-corrected chi connectivity index (χ0v) is 9.09. The smallest absolute Gasteiger partial charge is 0.355 e. The molecule has 0 radical (unpaired) electrons. The zero-order valence-electron chi connectivity index (χ0n) is 8.27. The number of aromatic carboxylic acids is 1. The fourth-order valence-corrected chi connectivity index (χ4v) is 2.40. The molecular formula is C9H13N3O2S. The van der Waals surface area contributed by atoms with Crippen molar-refractivity contribution in [1.82, 2.24) is 10.3 Å². The number of carboxylic acids is 1. The van der Waals surface area contributed by atoms with Crippen LogP contribution in [-0.2, 0) is 0 Å². The molecule has 0 aromatic carbocycles. The number of rotatable bonds is 2. The predicted octanol–water partition coefficient (Wildman–Crippen LogP) is 0.641. The number of hydrogen-bond donors (Lipinski definition) is 2. The van der Waals surface area contributed by atoms with Gasteiger partial charge in [-0.3, -0.25) is 0 Å². The Morgan fingerprint density at radius 2 is 2.40 bits per heavy atom. The summed E-state index contributed by atoms with van der Waals surface area (Å²) >= 11 is 1.40. The molecule has 0 unspecified atom stereocenters.